The van der Waals surface area contributed by atoms with Gasteiger partial charge in [-0.15, -0.1) is 0 Å². The van der Waals surface area contributed by atoms with Gasteiger partial charge in [0.15, 0.2) is 0 Å². The molecule has 0 bridgehead atoms. The third-order valence-corrected chi connectivity index (χ3v) is 1.48. The summed E-state index contributed by atoms with van der Waals surface area (Å²) in [7, 11) is 1.76. The van der Waals surface area contributed by atoms with E-state index in [1.54, 1.807) is 7.05 Å². The van der Waals surface area contributed by atoms with Gasteiger partial charge in [-0.25, -0.2) is 0 Å². The first-order chi connectivity index (χ1) is 7.11. The van der Waals surface area contributed by atoms with Gasteiger partial charge < -0.3 is 0 Å². The lowest BCUT2D eigenvalue weighted by atomic mass is 10.1. The van der Waals surface area contributed by atoms with Gasteiger partial charge in [0.1, 0.15) is 0 Å². The molecule has 0 aliphatic rings. The van der Waals surface area contributed by atoms with Crippen molar-refractivity contribution in [3.63, 3.8) is 0 Å². The van der Waals surface area contributed by atoms with E-state index in [0.29, 0.717) is 0 Å². The van der Waals surface area contributed by atoms with E-state index in [1.807, 2.05) is 36.6 Å². The first-order valence-corrected chi connectivity index (χ1v) is 5.25. The average molecular weight is 203 g/mol. The van der Waals surface area contributed by atoms with E-state index in [1.165, 1.54) is 0 Å². The van der Waals surface area contributed by atoms with Gasteiger partial charge in [0.2, 0.25) is 0 Å². The molecule has 0 heterocycles. The van der Waals surface area contributed by atoms with Crippen molar-refractivity contribution in [2.45, 2.75) is 20.8 Å². The zero-order valence-corrected chi connectivity index (χ0v) is 10.2. The molecule has 15 heavy (non-hydrogen) atoms. The number of hydrogen-bond donors (Lipinski definition) is 0. The summed E-state index contributed by atoms with van der Waals surface area (Å²) in [5.41, 5.74) is 2.24. The van der Waals surface area contributed by atoms with E-state index in [2.05, 4.69) is 32.3 Å². The maximum absolute atomic E-state index is 3.94. The zero-order valence-electron chi connectivity index (χ0n) is 10.2. The van der Waals surface area contributed by atoms with Gasteiger partial charge in [-0.3, -0.25) is 4.99 Å². The summed E-state index contributed by atoms with van der Waals surface area (Å²) in [6, 6.07) is 8.02. The van der Waals surface area contributed by atoms with Crippen molar-refractivity contribution in [3.8, 4) is 0 Å². The molecule has 0 unspecified atom stereocenters. The van der Waals surface area contributed by atoms with Gasteiger partial charge in [0, 0.05) is 13.3 Å². The molecule has 0 radical (unpaired) electrons. The Morgan fingerprint density at radius 2 is 1.60 bits per heavy atom. The largest absolute Gasteiger partial charge is 0.296 e. The number of hydrogen-bond acceptors (Lipinski definition) is 1. The molecule has 0 spiro atoms. The van der Waals surface area contributed by atoms with Crippen molar-refractivity contribution >= 4 is 12.3 Å². The standard InChI is InChI=1S/C10H11N.C4H10/c1-3-9-6-4-5-7-10(9)8-11-2;1-4(2)3/h3-8H,1H2,2H3;4H,1-3H3. The van der Waals surface area contributed by atoms with Gasteiger partial charge in [0.25, 0.3) is 0 Å². The Kier molecular flexibility index (Phi) is 7.25. The van der Waals surface area contributed by atoms with Crippen molar-refractivity contribution in [2.24, 2.45) is 10.9 Å². The second kappa shape index (κ2) is 7.98. The smallest absolute Gasteiger partial charge is 0.0287 e. The van der Waals surface area contributed by atoms with Crippen molar-refractivity contribution in [1.82, 2.24) is 0 Å². The second-order valence-electron chi connectivity index (χ2n) is 3.95. The minimum atomic E-state index is 0.833. The lowest BCUT2D eigenvalue weighted by molar-refractivity contribution is 0.737. The fourth-order valence-electron chi connectivity index (χ4n) is 0.953. The number of benzene rings is 1. The Morgan fingerprint density at radius 1 is 1.13 bits per heavy atom. The Hall–Kier alpha value is -1.37. The van der Waals surface area contributed by atoms with Crippen LogP contribution < -0.4 is 0 Å². The topological polar surface area (TPSA) is 12.4 Å². The summed E-state index contributed by atoms with van der Waals surface area (Å²) in [5.74, 6) is 0.833. The van der Waals surface area contributed by atoms with Crippen LogP contribution in [-0.4, -0.2) is 13.3 Å². The fraction of sp³-hybridized carbons (Fsp3) is 0.357. The minimum absolute atomic E-state index is 0.833. The monoisotopic (exact) mass is 203 g/mol. The molecule has 0 N–H and O–H groups in total. The third-order valence-electron chi connectivity index (χ3n) is 1.48. The third kappa shape index (κ3) is 6.67. The zero-order chi connectivity index (χ0) is 11.7. The molecule has 1 rings (SSSR count). The molecule has 0 atom stereocenters. The molecular weight excluding hydrogens is 182 g/mol. The number of rotatable bonds is 2. The number of nitrogens with zero attached hydrogens (tertiary/aromatic N) is 1. The predicted molar refractivity (Wildman–Crippen MR) is 70.6 cm³/mol. The van der Waals surface area contributed by atoms with Gasteiger partial charge in [0.05, 0.1) is 0 Å². The highest BCUT2D eigenvalue weighted by Crippen LogP contribution is 2.06. The van der Waals surface area contributed by atoms with E-state index in [4.69, 9.17) is 0 Å². The van der Waals surface area contributed by atoms with E-state index in [9.17, 15) is 0 Å². The van der Waals surface area contributed by atoms with E-state index < -0.39 is 0 Å². The van der Waals surface area contributed by atoms with Crippen LogP contribution in [0.4, 0.5) is 0 Å². The molecule has 0 aromatic heterocycles. The highest BCUT2D eigenvalue weighted by molar-refractivity contribution is 5.85. The predicted octanol–water partition coefficient (Wildman–Crippen LogP) is 4.04. The lowest BCUT2D eigenvalue weighted by Crippen LogP contribution is -1.84. The van der Waals surface area contributed by atoms with Gasteiger partial charge >= 0.3 is 0 Å². The van der Waals surface area contributed by atoms with E-state index in [-0.39, 0.29) is 0 Å². The van der Waals surface area contributed by atoms with Crippen LogP contribution in [0.15, 0.2) is 35.8 Å². The van der Waals surface area contributed by atoms with E-state index in [0.717, 1.165) is 17.0 Å². The summed E-state index contributed by atoms with van der Waals surface area (Å²) in [6.07, 6.45) is 3.66. The first-order valence-electron chi connectivity index (χ1n) is 5.25. The van der Waals surface area contributed by atoms with Crippen LogP contribution in [0.5, 0.6) is 0 Å². The molecule has 0 fully saturated rings. The Bertz CT molecular complexity index is 308. The normalized spacial score (nSPS) is 9.93. The van der Waals surface area contributed by atoms with E-state index >= 15 is 0 Å². The van der Waals surface area contributed by atoms with Crippen LogP contribution in [0.25, 0.3) is 6.08 Å². The van der Waals surface area contributed by atoms with Crippen molar-refractivity contribution < 1.29 is 0 Å². The molecule has 0 amide bonds. The van der Waals surface area contributed by atoms with Crippen molar-refractivity contribution in [3.05, 3.63) is 42.0 Å². The summed E-state index contributed by atoms with van der Waals surface area (Å²) in [5, 5.41) is 0. The quantitative estimate of drug-likeness (QED) is 0.643. The summed E-state index contributed by atoms with van der Waals surface area (Å²) in [6.45, 7) is 10.2. The van der Waals surface area contributed by atoms with Gasteiger partial charge in [-0.2, -0.15) is 0 Å². The Morgan fingerprint density at radius 3 is 2.00 bits per heavy atom. The highest BCUT2D eigenvalue weighted by atomic mass is 14.6. The van der Waals surface area contributed by atoms with Crippen LogP contribution >= 0.6 is 0 Å². The maximum atomic E-state index is 3.94. The summed E-state index contributed by atoms with van der Waals surface area (Å²) >= 11 is 0. The Labute approximate surface area is 93.6 Å². The molecule has 1 heteroatoms. The first kappa shape index (κ1) is 13.6. The number of aliphatic imine (C=N–C) groups is 1. The van der Waals surface area contributed by atoms with Crippen LogP contribution in [0.2, 0.25) is 0 Å². The van der Waals surface area contributed by atoms with Crippen molar-refractivity contribution in [2.75, 3.05) is 7.05 Å². The molecule has 0 saturated carbocycles. The highest BCUT2D eigenvalue weighted by Gasteiger charge is 1.91. The average Bonchev–Trinajstić information content (AvgIpc) is 2.18. The maximum Gasteiger partial charge on any atom is 0.0287 e. The molecule has 1 aromatic carbocycles. The molecule has 1 aromatic rings. The molecular formula is C14H21N. The summed E-state index contributed by atoms with van der Waals surface area (Å²) < 4.78 is 0. The second-order valence-corrected chi connectivity index (χ2v) is 3.95. The fourth-order valence-corrected chi connectivity index (χ4v) is 0.953. The van der Waals surface area contributed by atoms with Crippen LogP contribution in [0.1, 0.15) is 31.9 Å². The SMILES string of the molecule is C=Cc1ccccc1C=NC.CC(C)C. The molecule has 1 nitrogen and oxygen atoms in total. The lowest BCUT2D eigenvalue weighted by Gasteiger charge is -1.96. The van der Waals surface area contributed by atoms with Crippen LogP contribution in [-0.2, 0) is 0 Å². The molecule has 0 aliphatic heterocycles. The molecule has 0 saturated heterocycles. The van der Waals surface area contributed by atoms with Crippen LogP contribution in [0, 0.1) is 5.92 Å². The Balaban J connectivity index is 0.000000423. The summed E-state index contributed by atoms with van der Waals surface area (Å²) in [4.78, 5) is 3.94. The van der Waals surface area contributed by atoms with Crippen LogP contribution in [0.3, 0.4) is 0 Å². The van der Waals surface area contributed by atoms with Gasteiger partial charge in [-0.1, -0.05) is 57.7 Å². The molecule has 82 valence electrons. The van der Waals surface area contributed by atoms with Gasteiger partial charge in [-0.05, 0) is 17.0 Å². The minimum Gasteiger partial charge on any atom is -0.296 e. The van der Waals surface area contributed by atoms with Crippen molar-refractivity contribution in [1.29, 1.82) is 0 Å². The molecule has 0 aliphatic carbocycles.